The maximum absolute atomic E-state index is 6.05. The van der Waals surface area contributed by atoms with Gasteiger partial charge >= 0.3 is 0 Å². The summed E-state index contributed by atoms with van der Waals surface area (Å²) in [7, 11) is 0. The number of nitrogens with zero attached hydrogens (tertiary/aromatic N) is 1. The molecule has 1 aliphatic heterocycles. The van der Waals surface area contributed by atoms with Crippen LogP contribution in [0.2, 0.25) is 4.34 Å². The fourth-order valence-electron chi connectivity index (χ4n) is 2.20. The largest absolute Gasteiger partial charge is 0.329 e. The van der Waals surface area contributed by atoms with E-state index in [1.165, 1.54) is 24.1 Å². The van der Waals surface area contributed by atoms with E-state index in [0.717, 1.165) is 28.4 Å². The molecule has 1 aromatic heterocycles. The molecule has 1 aromatic rings. The summed E-state index contributed by atoms with van der Waals surface area (Å²) in [6.45, 7) is 2.91. The van der Waals surface area contributed by atoms with Crippen LogP contribution in [0, 0.1) is 0 Å². The lowest BCUT2D eigenvalue weighted by atomic mass is 10.0. The van der Waals surface area contributed by atoms with E-state index in [4.69, 9.17) is 17.3 Å². The Balaban J connectivity index is 0.00000144. The molecule has 98 valence electrons. The Morgan fingerprint density at radius 2 is 2.29 bits per heavy atom. The van der Waals surface area contributed by atoms with Crippen molar-refractivity contribution >= 4 is 51.3 Å². The third kappa shape index (κ3) is 4.08. The topological polar surface area (TPSA) is 29.3 Å². The van der Waals surface area contributed by atoms with Crippen molar-refractivity contribution in [1.82, 2.24) is 4.90 Å². The molecule has 1 saturated heterocycles. The summed E-state index contributed by atoms with van der Waals surface area (Å²) in [5.41, 5.74) is 5.81. The average molecular weight is 360 g/mol. The molecule has 0 spiro atoms. The van der Waals surface area contributed by atoms with E-state index in [1.54, 1.807) is 11.3 Å². The minimum absolute atomic E-state index is 0. The Hall–Kier alpha value is 0.680. The van der Waals surface area contributed by atoms with Gasteiger partial charge in [0.15, 0.2) is 0 Å². The van der Waals surface area contributed by atoms with Crippen LogP contribution in [0.1, 0.15) is 24.1 Å². The predicted octanol–water partition coefficient (Wildman–Crippen LogP) is 3.90. The van der Waals surface area contributed by atoms with Gasteiger partial charge in [-0.3, -0.25) is 4.90 Å². The summed E-state index contributed by atoms with van der Waals surface area (Å²) in [5, 5.41) is 0. The minimum Gasteiger partial charge on any atom is -0.329 e. The van der Waals surface area contributed by atoms with Crippen molar-refractivity contribution in [2.24, 2.45) is 5.73 Å². The summed E-state index contributed by atoms with van der Waals surface area (Å²) in [6, 6.07) is 2.67. The van der Waals surface area contributed by atoms with Crippen molar-refractivity contribution in [3.05, 3.63) is 19.8 Å². The van der Waals surface area contributed by atoms with E-state index in [0.29, 0.717) is 6.04 Å². The van der Waals surface area contributed by atoms with Gasteiger partial charge in [-0.15, -0.1) is 23.7 Å². The number of piperidine rings is 1. The Morgan fingerprint density at radius 3 is 2.88 bits per heavy atom. The van der Waals surface area contributed by atoms with Crippen molar-refractivity contribution in [1.29, 1.82) is 0 Å². The normalized spacial score (nSPS) is 21.2. The molecule has 1 fully saturated rings. The quantitative estimate of drug-likeness (QED) is 0.886. The molecule has 0 aliphatic carbocycles. The molecule has 1 aliphatic rings. The van der Waals surface area contributed by atoms with Gasteiger partial charge < -0.3 is 5.73 Å². The lowest BCUT2D eigenvalue weighted by Crippen LogP contribution is -2.43. The van der Waals surface area contributed by atoms with E-state index in [9.17, 15) is 0 Å². The van der Waals surface area contributed by atoms with Gasteiger partial charge in [-0.2, -0.15) is 0 Å². The van der Waals surface area contributed by atoms with Crippen LogP contribution < -0.4 is 5.73 Å². The van der Waals surface area contributed by atoms with Crippen LogP contribution in [0.15, 0.2) is 10.5 Å². The van der Waals surface area contributed by atoms with Gasteiger partial charge in [0, 0.05) is 28.5 Å². The molecule has 6 heteroatoms. The highest BCUT2D eigenvalue weighted by atomic mass is 79.9. The highest BCUT2D eigenvalue weighted by molar-refractivity contribution is 9.10. The molecule has 0 amide bonds. The molecule has 2 N–H and O–H groups in total. The number of likely N-dealkylation sites (tertiary alicyclic amines) is 1. The van der Waals surface area contributed by atoms with Crippen LogP contribution in [0.3, 0.4) is 0 Å². The van der Waals surface area contributed by atoms with E-state index < -0.39 is 0 Å². The van der Waals surface area contributed by atoms with Gasteiger partial charge in [-0.1, -0.05) is 18.0 Å². The SMILES string of the molecule is Cl.NCC1CCCCN1Cc1cc(Br)c(Cl)s1. The number of nitrogens with two attached hydrogens (primary N) is 1. The highest BCUT2D eigenvalue weighted by Crippen LogP contribution is 2.33. The Morgan fingerprint density at radius 1 is 1.53 bits per heavy atom. The fraction of sp³-hybridized carbons (Fsp3) is 0.636. The Labute approximate surface area is 126 Å². The highest BCUT2D eigenvalue weighted by Gasteiger charge is 2.21. The number of hydrogen-bond acceptors (Lipinski definition) is 3. The lowest BCUT2D eigenvalue weighted by Gasteiger charge is -2.34. The van der Waals surface area contributed by atoms with Crippen LogP contribution in [0.4, 0.5) is 0 Å². The van der Waals surface area contributed by atoms with E-state index in [1.807, 2.05) is 0 Å². The molecule has 0 bridgehead atoms. The van der Waals surface area contributed by atoms with Crippen LogP contribution in [-0.4, -0.2) is 24.0 Å². The van der Waals surface area contributed by atoms with Gasteiger partial charge in [-0.05, 0) is 41.4 Å². The van der Waals surface area contributed by atoms with Crippen LogP contribution in [-0.2, 0) is 6.54 Å². The van der Waals surface area contributed by atoms with E-state index >= 15 is 0 Å². The van der Waals surface area contributed by atoms with Crippen molar-refractivity contribution in [2.45, 2.75) is 31.8 Å². The zero-order valence-electron chi connectivity index (χ0n) is 9.49. The molecule has 0 aromatic carbocycles. The second kappa shape index (κ2) is 7.31. The molecule has 1 unspecified atom stereocenters. The minimum atomic E-state index is 0. The van der Waals surface area contributed by atoms with E-state index in [-0.39, 0.29) is 12.4 Å². The summed E-state index contributed by atoms with van der Waals surface area (Å²) in [4.78, 5) is 3.80. The molecular formula is C11H17BrCl2N2S. The fourth-order valence-corrected chi connectivity index (χ4v) is 4.02. The predicted molar refractivity (Wildman–Crippen MR) is 81.4 cm³/mol. The average Bonchev–Trinajstić information content (AvgIpc) is 2.59. The molecule has 2 heterocycles. The zero-order valence-corrected chi connectivity index (χ0v) is 13.5. The number of rotatable bonds is 3. The molecule has 1 atom stereocenters. The molecule has 0 radical (unpaired) electrons. The van der Waals surface area contributed by atoms with Gasteiger partial charge in [0.1, 0.15) is 4.34 Å². The Bertz CT molecular complexity index is 340. The molecule has 0 saturated carbocycles. The summed E-state index contributed by atoms with van der Waals surface area (Å²) in [6.07, 6.45) is 3.83. The van der Waals surface area contributed by atoms with Gasteiger partial charge in [0.25, 0.3) is 0 Å². The maximum atomic E-state index is 6.05. The Kier molecular flexibility index (Phi) is 6.77. The third-order valence-corrected chi connectivity index (χ3v) is 5.54. The second-order valence-corrected chi connectivity index (χ2v) is 6.78. The molecule has 17 heavy (non-hydrogen) atoms. The first-order valence-corrected chi connectivity index (χ1v) is 7.57. The summed E-state index contributed by atoms with van der Waals surface area (Å²) in [5.74, 6) is 0. The number of halogens is 3. The third-order valence-electron chi connectivity index (χ3n) is 3.08. The molecule has 2 nitrogen and oxygen atoms in total. The van der Waals surface area contributed by atoms with Crippen LogP contribution in [0.25, 0.3) is 0 Å². The lowest BCUT2D eigenvalue weighted by molar-refractivity contribution is 0.146. The zero-order chi connectivity index (χ0) is 11.5. The van der Waals surface area contributed by atoms with Gasteiger partial charge in [-0.25, -0.2) is 0 Å². The second-order valence-electron chi connectivity index (χ2n) is 4.19. The van der Waals surface area contributed by atoms with Crippen molar-refractivity contribution in [3.63, 3.8) is 0 Å². The first-order chi connectivity index (χ1) is 7.70. The van der Waals surface area contributed by atoms with Crippen molar-refractivity contribution in [3.8, 4) is 0 Å². The monoisotopic (exact) mass is 358 g/mol. The summed E-state index contributed by atoms with van der Waals surface area (Å²) < 4.78 is 1.85. The molecule has 2 rings (SSSR count). The van der Waals surface area contributed by atoms with Crippen molar-refractivity contribution in [2.75, 3.05) is 13.1 Å². The standard InChI is InChI=1S/C11H16BrClN2S.ClH/c12-10-5-9(16-11(10)13)7-15-4-2-1-3-8(15)6-14;/h5,8H,1-4,6-7,14H2;1H. The molecular weight excluding hydrogens is 343 g/mol. The smallest absolute Gasteiger partial charge is 0.107 e. The van der Waals surface area contributed by atoms with Crippen molar-refractivity contribution < 1.29 is 0 Å². The van der Waals surface area contributed by atoms with Crippen LogP contribution in [0.5, 0.6) is 0 Å². The maximum Gasteiger partial charge on any atom is 0.107 e. The van der Waals surface area contributed by atoms with E-state index in [2.05, 4.69) is 26.9 Å². The summed E-state index contributed by atoms with van der Waals surface area (Å²) >= 11 is 11.2. The first kappa shape index (κ1) is 15.7. The number of thiophene rings is 1. The van der Waals surface area contributed by atoms with Gasteiger partial charge in [0.2, 0.25) is 0 Å². The van der Waals surface area contributed by atoms with Gasteiger partial charge in [0.05, 0.1) is 0 Å². The van der Waals surface area contributed by atoms with Crippen LogP contribution >= 0.6 is 51.3 Å². The first-order valence-electron chi connectivity index (χ1n) is 5.58. The number of hydrogen-bond donors (Lipinski definition) is 1.